The molecule has 0 aliphatic heterocycles. The molecule has 0 aliphatic carbocycles. The molecule has 0 saturated heterocycles. The monoisotopic (exact) mass is 202 g/mol. The third kappa shape index (κ3) is 2.07. The van der Waals surface area contributed by atoms with Crippen molar-refractivity contribution >= 4 is 0 Å². The summed E-state index contributed by atoms with van der Waals surface area (Å²) in [7, 11) is 0. The van der Waals surface area contributed by atoms with Gasteiger partial charge in [0.25, 0.3) is 0 Å². The van der Waals surface area contributed by atoms with E-state index in [4.69, 9.17) is 0 Å². The number of benzene rings is 1. The zero-order valence-electron chi connectivity index (χ0n) is 8.88. The van der Waals surface area contributed by atoms with Gasteiger partial charge in [0.05, 0.1) is 11.9 Å². The van der Waals surface area contributed by atoms with E-state index in [1.807, 2.05) is 35.0 Å². The van der Waals surface area contributed by atoms with Crippen LogP contribution in [0.3, 0.4) is 0 Å². The minimum atomic E-state index is -0.809. The fourth-order valence-electron chi connectivity index (χ4n) is 1.46. The highest BCUT2D eigenvalue weighted by Crippen LogP contribution is 2.21. The molecule has 0 radical (unpaired) electrons. The first-order valence-corrected chi connectivity index (χ1v) is 4.88. The van der Waals surface area contributed by atoms with E-state index in [1.165, 1.54) is 0 Å². The molecule has 0 bridgehead atoms. The van der Waals surface area contributed by atoms with Crippen molar-refractivity contribution < 1.29 is 5.11 Å². The van der Waals surface area contributed by atoms with Crippen LogP contribution in [-0.4, -0.2) is 14.7 Å². The Kier molecular flexibility index (Phi) is 2.32. The van der Waals surface area contributed by atoms with Gasteiger partial charge in [0.1, 0.15) is 0 Å². The molecule has 0 fully saturated rings. The first kappa shape index (κ1) is 9.93. The van der Waals surface area contributed by atoms with E-state index in [2.05, 4.69) is 4.98 Å². The lowest BCUT2D eigenvalue weighted by atomic mass is 9.98. The van der Waals surface area contributed by atoms with Gasteiger partial charge in [0, 0.05) is 18.1 Å². The van der Waals surface area contributed by atoms with Gasteiger partial charge in [-0.2, -0.15) is 0 Å². The van der Waals surface area contributed by atoms with Gasteiger partial charge < -0.3 is 9.67 Å². The van der Waals surface area contributed by atoms with Crippen LogP contribution < -0.4 is 0 Å². The van der Waals surface area contributed by atoms with Crippen LogP contribution in [0.5, 0.6) is 0 Å². The van der Waals surface area contributed by atoms with Gasteiger partial charge in [-0.1, -0.05) is 12.1 Å². The third-order valence-corrected chi connectivity index (χ3v) is 2.36. The smallest absolute Gasteiger partial charge is 0.0991 e. The Morgan fingerprint density at radius 2 is 2.13 bits per heavy atom. The van der Waals surface area contributed by atoms with Crippen molar-refractivity contribution in [2.75, 3.05) is 0 Å². The molecule has 0 atom stereocenters. The molecule has 2 aromatic rings. The maximum absolute atomic E-state index is 9.89. The van der Waals surface area contributed by atoms with E-state index in [0.29, 0.717) is 0 Å². The highest BCUT2D eigenvalue weighted by molar-refractivity contribution is 5.37. The van der Waals surface area contributed by atoms with Gasteiger partial charge in [0.2, 0.25) is 0 Å². The summed E-state index contributed by atoms with van der Waals surface area (Å²) in [6.07, 6.45) is 5.35. The van der Waals surface area contributed by atoms with Crippen LogP contribution in [0.15, 0.2) is 43.0 Å². The van der Waals surface area contributed by atoms with Crippen LogP contribution in [0.1, 0.15) is 19.4 Å². The quantitative estimate of drug-likeness (QED) is 0.809. The number of aliphatic hydroxyl groups is 1. The Morgan fingerprint density at radius 1 is 1.33 bits per heavy atom. The van der Waals surface area contributed by atoms with Crippen molar-refractivity contribution in [2.45, 2.75) is 19.4 Å². The molecule has 0 saturated carbocycles. The number of imidazole rings is 1. The predicted octanol–water partition coefficient (Wildman–Crippen LogP) is 2.10. The SMILES string of the molecule is CC(C)(O)c1cccc(-n2ccnc2)c1. The largest absolute Gasteiger partial charge is 0.386 e. The number of hydrogen-bond acceptors (Lipinski definition) is 2. The Balaban J connectivity index is 2.44. The maximum Gasteiger partial charge on any atom is 0.0991 e. The molecule has 1 aromatic carbocycles. The molecule has 78 valence electrons. The van der Waals surface area contributed by atoms with Crippen molar-refractivity contribution in [3.05, 3.63) is 48.5 Å². The molecule has 0 amide bonds. The first-order chi connectivity index (χ1) is 7.07. The van der Waals surface area contributed by atoms with Crippen LogP contribution in [-0.2, 0) is 5.60 Å². The normalized spacial score (nSPS) is 11.7. The summed E-state index contributed by atoms with van der Waals surface area (Å²) in [6, 6.07) is 7.79. The van der Waals surface area contributed by atoms with Gasteiger partial charge in [0.15, 0.2) is 0 Å². The Bertz CT molecular complexity index is 441. The van der Waals surface area contributed by atoms with Crippen LogP contribution in [0.4, 0.5) is 0 Å². The summed E-state index contributed by atoms with van der Waals surface area (Å²) in [4.78, 5) is 3.99. The van der Waals surface area contributed by atoms with Gasteiger partial charge in [-0.05, 0) is 31.5 Å². The first-order valence-electron chi connectivity index (χ1n) is 4.88. The summed E-state index contributed by atoms with van der Waals surface area (Å²) in [5.74, 6) is 0. The summed E-state index contributed by atoms with van der Waals surface area (Å²) in [5.41, 5.74) is 1.09. The molecule has 0 spiro atoms. The van der Waals surface area contributed by atoms with Crippen molar-refractivity contribution in [2.24, 2.45) is 0 Å². The second-order valence-corrected chi connectivity index (χ2v) is 4.08. The van der Waals surface area contributed by atoms with E-state index < -0.39 is 5.60 Å². The van der Waals surface area contributed by atoms with E-state index in [0.717, 1.165) is 11.3 Å². The Morgan fingerprint density at radius 3 is 2.73 bits per heavy atom. The second-order valence-electron chi connectivity index (χ2n) is 4.08. The lowest BCUT2D eigenvalue weighted by molar-refractivity contribution is 0.0786. The molecule has 0 aliphatic rings. The Hall–Kier alpha value is -1.61. The van der Waals surface area contributed by atoms with Crippen LogP contribution in [0, 0.1) is 0 Å². The molecule has 15 heavy (non-hydrogen) atoms. The fourth-order valence-corrected chi connectivity index (χ4v) is 1.46. The summed E-state index contributed by atoms with van der Waals surface area (Å²) in [5, 5.41) is 9.89. The minimum Gasteiger partial charge on any atom is -0.386 e. The summed E-state index contributed by atoms with van der Waals surface area (Å²) >= 11 is 0. The standard InChI is InChI=1S/C12H14N2O/c1-12(2,15)10-4-3-5-11(8-10)14-7-6-13-9-14/h3-9,15H,1-2H3. The van der Waals surface area contributed by atoms with E-state index in [9.17, 15) is 5.11 Å². The second kappa shape index (κ2) is 3.51. The lowest BCUT2D eigenvalue weighted by Crippen LogP contribution is -2.15. The zero-order chi connectivity index (χ0) is 10.9. The van der Waals surface area contributed by atoms with E-state index in [-0.39, 0.29) is 0 Å². The molecular weight excluding hydrogens is 188 g/mol. The van der Waals surface area contributed by atoms with E-state index in [1.54, 1.807) is 26.4 Å². The average Bonchev–Trinajstić information content (AvgIpc) is 2.69. The molecule has 1 aromatic heterocycles. The fraction of sp³-hybridized carbons (Fsp3) is 0.250. The zero-order valence-corrected chi connectivity index (χ0v) is 8.88. The molecule has 1 heterocycles. The summed E-state index contributed by atoms with van der Waals surface area (Å²) in [6.45, 7) is 3.56. The molecular formula is C12H14N2O. The maximum atomic E-state index is 9.89. The van der Waals surface area contributed by atoms with Gasteiger partial charge in [-0.25, -0.2) is 4.98 Å². The van der Waals surface area contributed by atoms with Crippen molar-refractivity contribution in [1.29, 1.82) is 0 Å². The lowest BCUT2D eigenvalue weighted by Gasteiger charge is -2.18. The molecule has 0 unspecified atom stereocenters. The molecule has 3 heteroatoms. The Labute approximate surface area is 89.0 Å². The third-order valence-electron chi connectivity index (χ3n) is 2.36. The minimum absolute atomic E-state index is 0.809. The molecule has 2 rings (SSSR count). The van der Waals surface area contributed by atoms with Crippen LogP contribution >= 0.6 is 0 Å². The predicted molar refractivity (Wildman–Crippen MR) is 58.8 cm³/mol. The number of aromatic nitrogens is 2. The highest BCUT2D eigenvalue weighted by Gasteiger charge is 2.15. The van der Waals surface area contributed by atoms with Crippen molar-refractivity contribution in [3.8, 4) is 5.69 Å². The number of nitrogens with zero attached hydrogens (tertiary/aromatic N) is 2. The van der Waals surface area contributed by atoms with Gasteiger partial charge >= 0.3 is 0 Å². The average molecular weight is 202 g/mol. The molecule has 1 N–H and O–H groups in total. The van der Waals surface area contributed by atoms with Crippen LogP contribution in [0.25, 0.3) is 5.69 Å². The van der Waals surface area contributed by atoms with Gasteiger partial charge in [-0.15, -0.1) is 0 Å². The number of hydrogen-bond donors (Lipinski definition) is 1. The topological polar surface area (TPSA) is 38.0 Å². The van der Waals surface area contributed by atoms with E-state index >= 15 is 0 Å². The highest BCUT2D eigenvalue weighted by atomic mass is 16.3. The number of rotatable bonds is 2. The van der Waals surface area contributed by atoms with Gasteiger partial charge in [-0.3, -0.25) is 0 Å². The van der Waals surface area contributed by atoms with Crippen LogP contribution in [0.2, 0.25) is 0 Å². The van der Waals surface area contributed by atoms with Crippen molar-refractivity contribution in [3.63, 3.8) is 0 Å². The molecule has 3 nitrogen and oxygen atoms in total. The summed E-state index contributed by atoms with van der Waals surface area (Å²) < 4.78 is 1.91. The van der Waals surface area contributed by atoms with Crippen molar-refractivity contribution in [1.82, 2.24) is 9.55 Å².